The molecule has 5 nitrogen and oxygen atoms in total. The van der Waals surface area contributed by atoms with Crippen LogP contribution in [0.2, 0.25) is 0 Å². The van der Waals surface area contributed by atoms with Crippen LogP contribution in [0.4, 0.5) is 11.4 Å². The van der Waals surface area contributed by atoms with E-state index in [9.17, 15) is 9.59 Å². The van der Waals surface area contributed by atoms with Crippen LogP contribution in [0.25, 0.3) is 11.3 Å². The van der Waals surface area contributed by atoms with E-state index in [2.05, 4.69) is 10.3 Å². The number of aromatic nitrogens is 1. The predicted molar refractivity (Wildman–Crippen MR) is 110 cm³/mol. The number of benzene rings is 2. The zero-order valence-electron chi connectivity index (χ0n) is 15.4. The minimum Gasteiger partial charge on any atom is -0.399 e. The van der Waals surface area contributed by atoms with Crippen LogP contribution in [0.15, 0.2) is 53.9 Å². The third-order valence-electron chi connectivity index (χ3n) is 3.99. The molecule has 1 amide bonds. The molecule has 0 unspecified atom stereocenters. The number of nitrogens with one attached hydrogen (secondary N) is 1. The molecule has 0 radical (unpaired) electrons. The van der Waals surface area contributed by atoms with E-state index in [-0.39, 0.29) is 11.7 Å². The second-order valence-electron chi connectivity index (χ2n) is 7.27. The van der Waals surface area contributed by atoms with Gasteiger partial charge in [-0.3, -0.25) is 9.59 Å². The van der Waals surface area contributed by atoms with Crippen molar-refractivity contribution in [2.75, 3.05) is 11.1 Å². The van der Waals surface area contributed by atoms with Crippen molar-refractivity contribution in [3.63, 3.8) is 0 Å². The molecule has 0 aliphatic carbocycles. The van der Waals surface area contributed by atoms with Crippen molar-refractivity contribution in [1.82, 2.24) is 4.98 Å². The summed E-state index contributed by atoms with van der Waals surface area (Å²) in [6.07, 6.45) is 0. The first kappa shape index (κ1) is 18.8. The first-order valence-corrected chi connectivity index (χ1v) is 9.40. The minimum absolute atomic E-state index is 0.0335. The van der Waals surface area contributed by atoms with E-state index < -0.39 is 5.41 Å². The molecule has 0 saturated carbocycles. The average molecular weight is 379 g/mol. The highest BCUT2D eigenvalue weighted by molar-refractivity contribution is 7.12. The zero-order valence-corrected chi connectivity index (χ0v) is 16.3. The van der Waals surface area contributed by atoms with Crippen LogP contribution in [-0.2, 0) is 0 Å². The van der Waals surface area contributed by atoms with Gasteiger partial charge in [0.25, 0.3) is 5.91 Å². The molecule has 0 fully saturated rings. The van der Waals surface area contributed by atoms with E-state index in [1.54, 1.807) is 24.3 Å². The lowest BCUT2D eigenvalue weighted by atomic mass is 9.91. The number of amides is 1. The van der Waals surface area contributed by atoms with Crippen LogP contribution in [-0.4, -0.2) is 16.7 Å². The molecule has 2 aromatic carbocycles. The van der Waals surface area contributed by atoms with E-state index in [4.69, 9.17) is 5.73 Å². The Morgan fingerprint density at radius 2 is 1.63 bits per heavy atom. The molecule has 27 heavy (non-hydrogen) atoms. The SMILES string of the molecule is CC(C)(C)C(=O)c1nc(-c2ccc(NC(=O)c3ccc(N)cc3)cc2)cs1. The van der Waals surface area contributed by atoms with E-state index in [0.29, 0.717) is 21.9 Å². The van der Waals surface area contributed by atoms with Gasteiger partial charge in [-0.1, -0.05) is 32.9 Å². The smallest absolute Gasteiger partial charge is 0.255 e. The molecule has 0 spiro atoms. The van der Waals surface area contributed by atoms with Crippen LogP contribution in [0, 0.1) is 5.41 Å². The molecular weight excluding hydrogens is 358 g/mol. The summed E-state index contributed by atoms with van der Waals surface area (Å²) in [5, 5.41) is 5.24. The Balaban J connectivity index is 1.72. The van der Waals surface area contributed by atoms with E-state index >= 15 is 0 Å². The van der Waals surface area contributed by atoms with Gasteiger partial charge < -0.3 is 11.1 Å². The second-order valence-corrected chi connectivity index (χ2v) is 8.13. The predicted octanol–water partition coefficient (Wildman–Crippen LogP) is 4.87. The number of ketones is 1. The largest absolute Gasteiger partial charge is 0.399 e. The lowest BCUT2D eigenvalue weighted by Gasteiger charge is -2.13. The topological polar surface area (TPSA) is 85.1 Å². The monoisotopic (exact) mass is 379 g/mol. The molecule has 0 aliphatic rings. The van der Waals surface area contributed by atoms with Crippen molar-refractivity contribution in [2.24, 2.45) is 5.41 Å². The van der Waals surface area contributed by atoms with Gasteiger partial charge in [0, 0.05) is 33.3 Å². The van der Waals surface area contributed by atoms with E-state index in [0.717, 1.165) is 11.3 Å². The van der Waals surface area contributed by atoms with Gasteiger partial charge in [-0.05, 0) is 36.4 Å². The maximum atomic E-state index is 12.3. The second kappa shape index (κ2) is 7.32. The van der Waals surface area contributed by atoms with E-state index in [1.807, 2.05) is 50.4 Å². The summed E-state index contributed by atoms with van der Waals surface area (Å²) in [6.45, 7) is 5.65. The fourth-order valence-electron chi connectivity index (χ4n) is 2.39. The van der Waals surface area contributed by atoms with Crippen LogP contribution in [0.5, 0.6) is 0 Å². The standard InChI is InChI=1S/C21H21N3O2S/c1-21(2,3)18(25)20-24-17(12-27-20)13-6-10-16(11-7-13)23-19(26)14-4-8-15(22)9-5-14/h4-12H,22H2,1-3H3,(H,23,26). The van der Waals surface area contributed by atoms with Gasteiger partial charge in [-0.15, -0.1) is 11.3 Å². The molecule has 3 N–H and O–H groups in total. The van der Waals surface area contributed by atoms with Crippen molar-refractivity contribution >= 4 is 34.4 Å². The summed E-state index contributed by atoms with van der Waals surface area (Å²) >= 11 is 1.35. The highest BCUT2D eigenvalue weighted by Gasteiger charge is 2.25. The quantitative estimate of drug-likeness (QED) is 0.500. The number of rotatable bonds is 4. The average Bonchev–Trinajstić information content (AvgIpc) is 3.11. The Kier molecular flexibility index (Phi) is 5.10. The summed E-state index contributed by atoms with van der Waals surface area (Å²) in [5.74, 6) is -0.166. The van der Waals surface area contributed by atoms with Gasteiger partial charge in [0.1, 0.15) is 0 Å². The van der Waals surface area contributed by atoms with Crippen molar-refractivity contribution in [2.45, 2.75) is 20.8 Å². The Bertz CT molecular complexity index is 968. The fraction of sp³-hybridized carbons (Fsp3) is 0.190. The summed E-state index contributed by atoms with van der Waals surface area (Å²) in [7, 11) is 0. The number of thiazole rings is 1. The minimum atomic E-state index is -0.453. The maximum Gasteiger partial charge on any atom is 0.255 e. The molecule has 3 rings (SSSR count). The first-order valence-electron chi connectivity index (χ1n) is 8.52. The molecular formula is C21H21N3O2S. The van der Waals surface area contributed by atoms with Crippen molar-refractivity contribution in [3.05, 3.63) is 64.5 Å². The number of hydrogen-bond acceptors (Lipinski definition) is 5. The first-order chi connectivity index (χ1) is 12.7. The number of carbonyl (C=O) groups is 2. The number of Topliss-reactive ketones (excluding diaryl/α,β-unsaturated/α-hetero) is 1. The molecule has 138 valence electrons. The molecule has 0 saturated heterocycles. The number of nitrogen functional groups attached to an aromatic ring is 1. The summed E-state index contributed by atoms with van der Waals surface area (Å²) in [6, 6.07) is 14.1. The molecule has 0 aliphatic heterocycles. The van der Waals surface area contributed by atoms with Crippen LogP contribution >= 0.6 is 11.3 Å². The Hall–Kier alpha value is -2.99. The Labute approximate surface area is 162 Å². The molecule has 0 bridgehead atoms. The number of carbonyl (C=O) groups excluding carboxylic acids is 2. The molecule has 6 heteroatoms. The molecule has 3 aromatic rings. The lowest BCUT2D eigenvalue weighted by Crippen LogP contribution is -2.19. The Morgan fingerprint density at radius 3 is 2.22 bits per heavy atom. The maximum absolute atomic E-state index is 12.3. The Morgan fingerprint density at radius 1 is 1.00 bits per heavy atom. The number of anilines is 2. The fourth-order valence-corrected chi connectivity index (χ4v) is 3.37. The molecule has 0 atom stereocenters. The zero-order chi connectivity index (χ0) is 19.6. The van der Waals surface area contributed by atoms with Crippen molar-refractivity contribution in [1.29, 1.82) is 0 Å². The highest BCUT2D eigenvalue weighted by Crippen LogP contribution is 2.28. The number of nitrogens with two attached hydrogens (primary N) is 1. The van der Waals surface area contributed by atoms with Gasteiger partial charge in [0.05, 0.1) is 5.69 Å². The third kappa shape index (κ3) is 4.41. The van der Waals surface area contributed by atoms with Gasteiger partial charge in [0.2, 0.25) is 0 Å². The molecule has 1 aromatic heterocycles. The third-order valence-corrected chi connectivity index (χ3v) is 4.83. The number of hydrogen-bond donors (Lipinski definition) is 2. The lowest BCUT2D eigenvalue weighted by molar-refractivity contribution is 0.0858. The number of nitrogens with zero attached hydrogens (tertiary/aromatic N) is 1. The van der Waals surface area contributed by atoms with Crippen molar-refractivity contribution in [3.8, 4) is 11.3 Å². The highest BCUT2D eigenvalue weighted by atomic mass is 32.1. The molecule has 1 heterocycles. The summed E-state index contributed by atoms with van der Waals surface area (Å²) < 4.78 is 0. The van der Waals surface area contributed by atoms with Crippen LogP contribution in [0.1, 0.15) is 40.9 Å². The van der Waals surface area contributed by atoms with Gasteiger partial charge in [-0.2, -0.15) is 0 Å². The van der Waals surface area contributed by atoms with Crippen molar-refractivity contribution < 1.29 is 9.59 Å². The van der Waals surface area contributed by atoms with Crippen LogP contribution in [0.3, 0.4) is 0 Å². The van der Waals surface area contributed by atoms with Gasteiger partial charge in [0.15, 0.2) is 10.8 Å². The van der Waals surface area contributed by atoms with Crippen LogP contribution < -0.4 is 11.1 Å². The normalized spacial score (nSPS) is 11.2. The summed E-state index contributed by atoms with van der Waals surface area (Å²) in [4.78, 5) is 29.1. The summed E-state index contributed by atoms with van der Waals surface area (Å²) in [5.41, 5.74) is 8.67. The van der Waals surface area contributed by atoms with Gasteiger partial charge in [-0.25, -0.2) is 4.98 Å². The van der Waals surface area contributed by atoms with E-state index in [1.165, 1.54) is 11.3 Å². The van der Waals surface area contributed by atoms with Gasteiger partial charge >= 0.3 is 0 Å².